The molecule has 0 bridgehead atoms. The predicted octanol–water partition coefficient (Wildman–Crippen LogP) is 3.34. The van der Waals surface area contributed by atoms with Gasteiger partial charge in [-0.15, -0.1) is 24.0 Å². The zero-order chi connectivity index (χ0) is 15.6. The fourth-order valence-electron chi connectivity index (χ4n) is 3.04. The molecule has 1 heterocycles. The number of aliphatic imine (C=N–C) groups is 1. The molecular weight excluding hydrogens is 403 g/mol. The number of nitrogens with zero attached hydrogens (tertiary/aromatic N) is 2. The number of hydrogen-bond donors (Lipinski definition) is 2. The van der Waals surface area contributed by atoms with Gasteiger partial charge in [-0.05, 0) is 24.8 Å². The summed E-state index contributed by atoms with van der Waals surface area (Å²) in [7, 11) is 3.44. The summed E-state index contributed by atoms with van der Waals surface area (Å²) in [5.74, 6) is 2.44. The second-order valence-electron chi connectivity index (χ2n) is 5.82. The van der Waals surface area contributed by atoms with E-state index in [0.717, 1.165) is 24.0 Å². The minimum absolute atomic E-state index is 0. The van der Waals surface area contributed by atoms with Crippen molar-refractivity contribution in [3.8, 4) is 5.88 Å². The number of hydrogen-bond acceptors (Lipinski definition) is 3. The first-order valence-corrected chi connectivity index (χ1v) is 8.26. The lowest BCUT2D eigenvalue weighted by Gasteiger charge is -2.14. The van der Waals surface area contributed by atoms with E-state index in [1.807, 2.05) is 12.1 Å². The Morgan fingerprint density at radius 1 is 1.35 bits per heavy atom. The molecule has 1 saturated carbocycles. The van der Waals surface area contributed by atoms with Crippen LogP contribution in [0.25, 0.3) is 0 Å². The van der Waals surface area contributed by atoms with Crippen molar-refractivity contribution in [1.29, 1.82) is 0 Å². The smallest absolute Gasteiger partial charge is 0.218 e. The highest BCUT2D eigenvalue weighted by Gasteiger charge is 2.14. The summed E-state index contributed by atoms with van der Waals surface area (Å²) < 4.78 is 5.26. The summed E-state index contributed by atoms with van der Waals surface area (Å²) in [5, 5.41) is 6.69. The summed E-state index contributed by atoms with van der Waals surface area (Å²) >= 11 is 0. The van der Waals surface area contributed by atoms with Crippen molar-refractivity contribution in [3.05, 3.63) is 23.9 Å². The molecule has 2 rings (SSSR count). The van der Waals surface area contributed by atoms with Crippen molar-refractivity contribution in [3.63, 3.8) is 0 Å². The third-order valence-corrected chi connectivity index (χ3v) is 4.27. The lowest BCUT2D eigenvalue weighted by atomic mass is 10.0. The Balaban J connectivity index is 0.00000264. The summed E-state index contributed by atoms with van der Waals surface area (Å²) in [4.78, 5) is 8.46. The third kappa shape index (κ3) is 6.93. The van der Waals surface area contributed by atoms with E-state index in [9.17, 15) is 0 Å². The van der Waals surface area contributed by atoms with Gasteiger partial charge in [0.25, 0.3) is 0 Å². The highest BCUT2D eigenvalue weighted by atomic mass is 127. The molecule has 1 fully saturated rings. The van der Waals surface area contributed by atoms with E-state index in [4.69, 9.17) is 4.74 Å². The number of pyridine rings is 1. The minimum atomic E-state index is 0. The van der Waals surface area contributed by atoms with Crippen LogP contribution in [0.5, 0.6) is 5.88 Å². The van der Waals surface area contributed by atoms with Gasteiger partial charge >= 0.3 is 0 Å². The Hall–Kier alpha value is -1.05. The van der Waals surface area contributed by atoms with Gasteiger partial charge < -0.3 is 15.4 Å². The van der Waals surface area contributed by atoms with Crippen LogP contribution >= 0.6 is 24.0 Å². The van der Waals surface area contributed by atoms with E-state index in [2.05, 4.69) is 20.6 Å². The summed E-state index contributed by atoms with van der Waals surface area (Å²) in [6, 6.07) is 3.92. The predicted molar refractivity (Wildman–Crippen MR) is 106 cm³/mol. The number of halogens is 1. The van der Waals surface area contributed by atoms with Crippen LogP contribution in [0.2, 0.25) is 0 Å². The van der Waals surface area contributed by atoms with Crippen LogP contribution < -0.4 is 15.4 Å². The quantitative estimate of drug-likeness (QED) is 0.300. The number of methoxy groups -OCH3 is 1. The second-order valence-corrected chi connectivity index (χ2v) is 5.82. The molecule has 0 spiro atoms. The van der Waals surface area contributed by atoms with Crippen molar-refractivity contribution in [1.82, 2.24) is 15.6 Å². The highest BCUT2D eigenvalue weighted by Crippen LogP contribution is 2.28. The van der Waals surface area contributed by atoms with Gasteiger partial charge in [0, 0.05) is 31.9 Å². The SMILES string of the molecule is CN=C(NCCCC1CCCC1)NCc1cccnc1OC.I. The zero-order valence-corrected chi connectivity index (χ0v) is 16.5. The van der Waals surface area contributed by atoms with E-state index < -0.39 is 0 Å². The van der Waals surface area contributed by atoms with Crippen molar-refractivity contribution in [2.75, 3.05) is 20.7 Å². The van der Waals surface area contributed by atoms with E-state index >= 15 is 0 Å². The van der Waals surface area contributed by atoms with Crippen LogP contribution in [0.4, 0.5) is 0 Å². The summed E-state index contributed by atoms with van der Waals surface area (Å²) in [6.07, 6.45) is 9.98. The highest BCUT2D eigenvalue weighted by molar-refractivity contribution is 14.0. The second kappa shape index (κ2) is 11.5. The van der Waals surface area contributed by atoms with Crippen LogP contribution in [0.3, 0.4) is 0 Å². The lowest BCUT2D eigenvalue weighted by Crippen LogP contribution is -2.37. The van der Waals surface area contributed by atoms with Gasteiger partial charge in [0.05, 0.1) is 7.11 Å². The molecule has 0 amide bonds. The largest absolute Gasteiger partial charge is 0.481 e. The molecule has 1 aromatic rings. The van der Waals surface area contributed by atoms with Gasteiger partial charge in [-0.1, -0.05) is 31.7 Å². The molecule has 0 radical (unpaired) electrons. The van der Waals surface area contributed by atoms with E-state index in [-0.39, 0.29) is 24.0 Å². The fraction of sp³-hybridized carbons (Fsp3) is 0.647. The number of nitrogens with one attached hydrogen (secondary N) is 2. The molecular formula is C17H29IN4O. The topological polar surface area (TPSA) is 58.5 Å². The van der Waals surface area contributed by atoms with Crippen LogP contribution in [0.1, 0.15) is 44.1 Å². The number of rotatable bonds is 7. The first-order valence-electron chi connectivity index (χ1n) is 8.26. The van der Waals surface area contributed by atoms with Gasteiger partial charge in [-0.2, -0.15) is 0 Å². The van der Waals surface area contributed by atoms with Crippen LogP contribution in [0.15, 0.2) is 23.3 Å². The van der Waals surface area contributed by atoms with Crippen molar-refractivity contribution in [2.45, 2.75) is 45.1 Å². The molecule has 1 aliphatic carbocycles. The molecule has 0 saturated heterocycles. The maximum atomic E-state index is 5.26. The zero-order valence-electron chi connectivity index (χ0n) is 14.2. The molecule has 5 nitrogen and oxygen atoms in total. The van der Waals surface area contributed by atoms with Gasteiger partial charge in [-0.25, -0.2) is 4.98 Å². The Morgan fingerprint density at radius 3 is 2.83 bits per heavy atom. The van der Waals surface area contributed by atoms with Crippen LogP contribution in [-0.4, -0.2) is 31.6 Å². The lowest BCUT2D eigenvalue weighted by molar-refractivity contribution is 0.392. The van der Waals surface area contributed by atoms with Gasteiger partial charge in [0.2, 0.25) is 5.88 Å². The van der Waals surface area contributed by atoms with Gasteiger partial charge in [-0.3, -0.25) is 4.99 Å². The van der Waals surface area contributed by atoms with Gasteiger partial charge in [0.15, 0.2) is 5.96 Å². The Kier molecular flexibility index (Phi) is 9.98. The first-order chi connectivity index (χ1) is 10.8. The normalized spacial score (nSPS) is 15.1. The average molecular weight is 432 g/mol. The van der Waals surface area contributed by atoms with Crippen molar-refractivity contribution < 1.29 is 4.74 Å². The fourth-order valence-corrected chi connectivity index (χ4v) is 3.04. The maximum absolute atomic E-state index is 5.26. The van der Waals surface area contributed by atoms with E-state index in [1.165, 1.54) is 38.5 Å². The average Bonchev–Trinajstić information content (AvgIpc) is 3.08. The van der Waals surface area contributed by atoms with Crippen LogP contribution in [-0.2, 0) is 6.54 Å². The van der Waals surface area contributed by atoms with E-state index in [0.29, 0.717) is 12.4 Å². The molecule has 0 unspecified atom stereocenters. The van der Waals surface area contributed by atoms with Gasteiger partial charge in [0.1, 0.15) is 0 Å². The molecule has 23 heavy (non-hydrogen) atoms. The van der Waals surface area contributed by atoms with Crippen LogP contribution in [0, 0.1) is 5.92 Å². The molecule has 0 aromatic carbocycles. The first kappa shape index (κ1) is 20.0. The number of guanidine groups is 1. The Bertz CT molecular complexity index is 475. The number of ether oxygens (including phenoxy) is 1. The summed E-state index contributed by atoms with van der Waals surface area (Å²) in [5.41, 5.74) is 1.03. The Morgan fingerprint density at radius 2 is 2.13 bits per heavy atom. The van der Waals surface area contributed by atoms with E-state index in [1.54, 1.807) is 20.4 Å². The van der Waals surface area contributed by atoms with Crippen molar-refractivity contribution >= 4 is 29.9 Å². The molecule has 6 heteroatoms. The molecule has 130 valence electrons. The number of aromatic nitrogens is 1. The third-order valence-electron chi connectivity index (χ3n) is 4.27. The molecule has 1 aliphatic rings. The standard InChI is InChI=1S/C17H28N4O.HI/c1-18-17(20-12-5-9-14-7-3-4-8-14)21-13-15-10-6-11-19-16(15)22-2;/h6,10-11,14H,3-5,7-9,12-13H2,1-2H3,(H2,18,20,21);1H. The summed E-state index contributed by atoms with van der Waals surface area (Å²) in [6.45, 7) is 1.62. The minimum Gasteiger partial charge on any atom is -0.481 e. The monoisotopic (exact) mass is 432 g/mol. The molecule has 1 aromatic heterocycles. The maximum Gasteiger partial charge on any atom is 0.218 e. The molecule has 2 N–H and O–H groups in total. The van der Waals surface area contributed by atoms with Crippen molar-refractivity contribution in [2.24, 2.45) is 10.9 Å². The Labute approximate surface area is 156 Å². The molecule has 0 aliphatic heterocycles. The molecule has 0 atom stereocenters.